The summed E-state index contributed by atoms with van der Waals surface area (Å²) in [5.74, 6) is -1.23. The monoisotopic (exact) mass is 364 g/mol. The first-order valence-electron chi connectivity index (χ1n) is 6.59. The number of hydrogen-bond acceptors (Lipinski definition) is 4. The van der Waals surface area contributed by atoms with E-state index >= 15 is 0 Å². The highest BCUT2D eigenvalue weighted by atomic mass is 35.5. The van der Waals surface area contributed by atoms with Crippen LogP contribution in [0.3, 0.4) is 0 Å². The Morgan fingerprint density at radius 3 is 2.58 bits per heavy atom. The number of nitrogens with one attached hydrogen (secondary N) is 2. The van der Waals surface area contributed by atoms with Crippen LogP contribution in [-0.4, -0.2) is 5.91 Å². The number of halogens is 3. The number of carbonyl (C=O) groups excluding carboxylic acids is 1. The van der Waals surface area contributed by atoms with E-state index in [0.29, 0.717) is 17.1 Å². The molecule has 4 N–H and O–H groups in total. The Balaban J connectivity index is 2.13. The number of nitrogens with zero attached hydrogens (tertiary/aromatic N) is 1. The van der Waals surface area contributed by atoms with Gasteiger partial charge in [0.15, 0.2) is 0 Å². The SMILES string of the molecule is N#C/C(=C/Nc1ccc(F)c(Cl)c1)C(=O)Nc1ccc(N)cc1Cl. The number of amides is 1. The molecule has 8 heteroatoms. The van der Waals surface area contributed by atoms with Gasteiger partial charge < -0.3 is 16.4 Å². The molecular formula is C16H11Cl2FN4O. The first-order valence-corrected chi connectivity index (χ1v) is 7.34. The smallest absolute Gasteiger partial charge is 0.267 e. The third kappa shape index (κ3) is 4.38. The normalized spacial score (nSPS) is 10.8. The molecular weight excluding hydrogens is 354 g/mol. The highest BCUT2D eigenvalue weighted by Gasteiger charge is 2.11. The van der Waals surface area contributed by atoms with Gasteiger partial charge in [0, 0.05) is 17.6 Å². The first-order chi connectivity index (χ1) is 11.4. The predicted molar refractivity (Wildman–Crippen MR) is 93.2 cm³/mol. The standard InChI is InChI=1S/C16H11Cl2FN4O/c17-12-6-11(2-3-14(12)19)22-8-9(7-20)16(24)23-15-4-1-10(21)5-13(15)18/h1-6,8,22H,21H2,(H,23,24)/b9-8-. The van der Waals surface area contributed by atoms with Crippen molar-refractivity contribution in [3.63, 3.8) is 0 Å². The molecule has 0 spiro atoms. The summed E-state index contributed by atoms with van der Waals surface area (Å²) in [6.07, 6.45) is 1.18. The van der Waals surface area contributed by atoms with E-state index in [2.05, 4.69) is 10.6 Å². The molecule has 0 unspecified atom stereocenters. The molecule has 0 bridgehead atoms. The topological polar surface area (TPSA) is 90.9 Å². The molecule has 0 fully saturated rings. The summed E-state index contributed by atoms with van der Waals surface area (Å²) in [6.45, 7) is 0. The molecule has 2 aromatic rings. The van der Waals surface area contributed by atoms with Crippen molar-refractivity contribution in [2.45, 2.75) is 0 Å². The Morgan fingerprint density at radius 2 is 1.96 bits per heavy atom. The number of hydrogen-bond donors (Lipinski definition) is 3. The second-order valence-electron chi connectivity index (χ2n) is 4.64. The van der Waals surface area contributed by atoms with E-state index in [1.807, 2.05) is 0 Å². The quantitative estimate of drug-likeness (QED) is 0.431. The highest BCUT2D eigenvalue weighted by molar-refractivity contribution is 6.34. The van der Waals surface area contributed by atoms with Gasteiger partial charge in [0.05, 0.1) is 15.7 Å². The Morgan fingerprint density at radius 1 is 1.21 bits per heavy atom. The van der Waals surface area contributed by atoms with Crippen molar-refractivity contribution in [1.82, 2.24) is 0 Å². The Labute approximate surface area is 147 Å². The van der Waals surface area contributed by atoms with Crippen LogP contribution in [0, 0.1) is 17.1 Å². The Hall–Kier alpha value is -2.75. The van der Waals surface area contributed by atoms with Crippen LogP contribution in [0.15, 0.2) is 48.2 Å². The highest BCUT2D eigenvalue weighted by Crippen LogP contribution is 2.24. The van der Waals surface area contributed by atoms with Crippen molar-refractivity contribution < 1.29 is 9.18 Å². The Bertz CT molecular complexity index is 862. The number of nitrogen functional groups attached to an aromatic ring is 1. The summed E-state index contributed by atoms with van der Waals surface area (Å²) >= 11 is 11.6. The molecule has 2 rings (SSSR count). The van der Waals surface area contributed by atoms with E-state index in [9.17, 15) is 9.18 Å². The van der Waals surface area contributed by atoms with E-state index in [0.717, 1.165) is 0 Å². The summed E-state index contributed by atoms with van der Waals surface area (Å²) < 4.78 is 13.1. The van der Waals surface area contributed by atoms with Crippen molar-refractivity contribution in [3.05, 3.63) is 64.0 Å². The van der Waals surface area contributed by atoms with Gasteiger partial charge in [-0.25, -0.2) is 4.39 Å². The van der Waals surface area contributed by atoms with Crippen molar-refractivity contribution in [2.75, 3.05) is 16.4 Å². The minimum absolute atomic E-state index is 0.0787. The van der Waals surface area contributed by atoms with Crippen LogP contribution >= 0.6 is 23.2 Å². The van der Waals surface area contributed by atoms with Crippen molar-refractivity contribution in [1.29, 1.82) is 5.26 Å². The van der Waals surface area contributed by atoms with Crippen LogP contribution in [0.25, 0.3) is 0 Å². The summed E-state index contributed by atoms with van der Waals surface area (Å²) in [5, 5.41) is 14.5. The van der Waals surface area contributed by atoms with E-state index in [-0.39, 0.29) is 15.6 Å². The first kappa shape index (κ1) is 17.6. The number of nitriles is 1. The summed E-state index contributed by atoms with van der Waals surface area (Å²) in [6, 6.07) is 10.2. The molecule has 0 saturated heterocycles. The fourth-order valence-electron chi connectivity index (χ4n) is 1.71. The number of carbonyl (C=O) groups is 1. The second kappa shape index (κ2) is 7.68. The van der Waals surface area contributed by atoms with Crippen LogP contribution in [0.2, 0.25) is 10.0 Å². The number of rotatable bonds is 4. The Kier molecular flexibility index (Phi) is 5.64. The minimum Gasteiger partial charge on any atom is -0.399 e. The molecule has 0 heterocycles. The summed E-state index contributed by atoms with van der Waals surface area (Å²) in [4.78, 5) is 12.1. The lowest BCUT2D eigenvalue weighted by atomic mass is 10.2. The van der Waals surface area contributed by atoms with Gasteiger partial charge in [-0.2, -0.15) is 5.26 Å². The average molecular weight is 365 g/mol. The molecule has 0 aliphatic carbocycles. The van der Waals surface area contributed by atoms with Crippen molar-refractivity contribution in [3.8, 4) is 6.07 Å². The molecule has 0 atom stereocenters. The fraction of sp³-hybridized carbons (Fsp3) is 0. The number of anilines is 3. The van der Waals surface area contributed by atoms with E-state index in [1.54, 1.807) is 12.1 Å². The lowest BCUT2D eigenvalue weighted by molar-refractivity contribution is -0.112. The molecule has 5 nitrogen and oxygen atoms in total. The van der Waals surface area contributed by atoms with Crippen molar-refractivity contribution >= 4 is 46.2 Å². The maximum atomic E-state index is 13.1. The maximum absolute atomic E-state index is 13.1. The van der Waals surface area contributed by atoms with Crippen LogP contribution in [0.4, 0.5) is 21.5 Å². The average Bonchev–Trinajstić information content (AvgIpc) is 2.54. The lowest BCUT2D eigenvalue weighted by Crippen LogP contribution is -2.15. The minimum atomic E-state index is -0.662. The largest absolute Gasteiger partial charge is 0.399 e. The molecule has 1 amide bonds. The zero-order chi connectivity index (χ0) is 17.7. The van der Waals surface area contributed by atoms with Gasteiger partial charge >= 0.3 is 0 Å². The molecule has 0 aliphatic rings. The summed E-state index contributed by atoms with van der Waals surface area (Å²) in [7, 11) is 0. The summed E-state index contributed by atoms with van der Waals surface area (Å²) in [5.41, 5.74) is 6.56. The van der Waals surface area contributed by atoms with E-state index in [1.165, 1.54) is 36.5 Å². The van der Waals surface area contributed by atoms with Crippen LogP contribution in [-0.2, 0) is 4.79 Å². The van der Waals surface area contributed by atoms with E-state index < -0.39 is 11.7 Å². The maximum Gasteiger partial charge on any atom is 0.267 e. The van der Waals surface area contributed by atoms with Gasteiger partial charge in [0.2, 0.25) is 0 Å². The zero-order valence-corrected chi connectivity index (χ0v) is 13.6. The van der Waals surface area contributed by atoms with E-state index in [4.69, 9.17) is 34.2 Å². The predicted octanol–water partition coefficient (Wildman–Crippen LogP) is 4.17. The molecule has 0 radical (unpaired) electrons. The van der Waals surface area contributed by atoms with Gasteiger partial charge in [0.1, 0.15) is 17.5 Å². The number of benzene rings is 2. The molecule has 2 aromatic carbocycles. The zero-order valence-electron chi connectivity index (χ0n) is 12.1. The van der Waals surface area contributed by atoms with Gasteiger partial charge in [0.25, 0.3) is 5.91 Å². The third-order valence-corrected chi connectivity index (χ3v) is 3.51. The molecule has 0 aliphatic heterocycles. The van der Waals surface area contributed by atoms with Gasteiger partial charge in [-0.15, -0.1) is 0 Å². The van der Waals surface area contributed by atoms with Gasteiger partial charge in [-0.3, -0.25) is 4.79 Å². The molecule has 0 aromatic heterocycles. The molecule has 0 saturated carbocycles. The third-order valence-electron chi connectivity index (χ3n) is 2.91. The van der Waals surface area contributed by atoms with Crippen LogP contribution < -0.4 is 16.4 Å². The molecule has 122 valence electrons. The second-order valence-corrected chi connectivity index (χ2v) is 5.45. The van der Waals surface area contributed by atoms with Gasteiger partial charge in [-0.05, 0) is 36.4 Å². The lowest BCUT2D eigenvalue weighted by Gasteiger charge is -2.08. The van der Waals surface area contributed by atoms with Crippen LogP contribution in [0.5, 0.6) is 0 Å². The van der Waals surface area contributed by atoms with Crippen LogP contribution in [0.1, 0.15) is 0 Å². The van der Waals surface area contributed by atoms with Gasteiger partial charge in [-0.1, -0.05) is 23.2 Å². The number of nitrogens with two attached hydrogens (primary N) is 1. The molecule has 24 heavy (non-hydrogen) atoms. The fourth-order valence-corrected chi connectivity index (χ4v) is 2.13. The van der Waals surface area contributed by atoms with Crippen molar-refractivity contribution in [2.24, 2.45) is 0 Å².